The first-order valence-electron chi connectivity index (χ1n) is 12.5. The first-order chi connectivity index (χ1) is 18.2. The van der Waals surface area contributed by atoms with E-state index in [-0.39, 0.29) is 24.9 Å². The second-order valence-corrected chi connectivity index (χ2v) is 10.3. The molecule has 1 saturated heterocycles. The van der Waals surface area contributed by atoms with Crippen LogP contribution in [0.25, 0.3) is 10.1 Å². The third-order valence-electron chi connectivity index (χ3n) is 6.43. The van der Waals surface area contributed by atoms with Crippen molar-refractivity contribution >= 4 is 45.0 Å². The standard InChI is InChI=1S/C28H32N4O5S/c1-3-35-27(33)24(15-23-14-19-13-18(26(30)31)6-11-25(19)38-23)28(34)37-22-9-7-21(8-10-22)36-16-20-5-4-12-32(20)17(2)29/h6-11,13-14,20,24,29H,3-5,12,15-16H2,1-2H3,(H3,30,31)/t20-,24?/m1/s1. The molecule has 0 aliphatic carbocycles. The number of esters is 2. The van der Waals surface area contributed by atoms with Crippen LogP contribution in [0.2, 0.25) is 0 Å². The van der Waals surface area contributed by atoms with Gasteiger partial charge < -0.3 is 24.8 Å². The average molecular weight is 537 g/mol. The Morgan fingerprint density at radius 3 is 2.53 bits per heavy atom. The zero-order valence-corrected chi connectivity index (χ0v) is 22.3. The van der Waals surface area contributed by atoms with Gasteiger partial charge in [0.05, 0.1) is 18.5 Å². The van der Waals surface area contributed by atoms with E-state index in [2.05, 4.69) is 0 Å². The number of hydrogen-bond acceptors (Lipinski definition) is 8. The van der Waals surface area contributed by atoms with Crippen LogP contribution >= 0.6 is 11.3 Å². The summed E-state index contributed by atoms with van der Waals surface area (Å²) in [6, 6.07) is 14.2. The van der Waals surface area contributed by atoms with Crippen molar-refractivity contribution in [2.45, 2.75) is 39.2 Å². The number of nitrogens with zero attached hydrogens (tertiary/aromatic N) is 1. The Kier molecular flexibility index (Phi) is 8.62. The monoisotopic (exact) mass is 536 g/mol. The summed E-state index contributed by atoms with van der Waals surface area (Å²) in [5, 5.41) is 16.4. The summed E-state index contributed by atoms with van der Waals surface area (Å²) in [6.07, 6.45) is 2.17. The molecule has 200 valence electrons. The van der Waals surface area contributed by atoms with Crippen molar-refractivity contribution in [1.82, 2.24) is 4.90 Å². The molecule has 10 heteroatoms. The smallest absolute Gasteiger partial charge is 0.326 e. The van der Waals surface area contributed by atoms with Crippen LogP contribution in [-0.2, 0) is 20.7 Å². The Balaban J connectivity index is 1.41. The van der Waals surface area contributed by atoms with Gasteiger partial charge in [-0.3, -0.25) is 20.4 Å². The molecule has 4 rings (SSSR count). The second-order valence-electron chi connectivity index (χ2n) is 9.17. The van der Waals surface area contributed by atoms with Crippen LogP contribution in [0.3, 0.4) is 0 Å². The molecule has 0 amide bonds. The number of nitrogen functional groups attached to an aromatic ring is 1. The summed E-state index contributed by atoms with van der Waals surface area (Å²) < 4.78 is 17.6. The van der Waals surface area contributed by atoms with Gasteiger partial charge in [-0.1, -0.05) is 0 Å². The first kappa shape index (κ1) is 27.1. The topological polar surface area (TPSA) is 139 Å². The molecule has 1 aliphatic heterocycles. The van der Waals surface area contributed by atoms with Crippen LogP contribution < -0.4 is 15.2 Å². The van der Waals surface area contributed by atoms with Gasteiger partial charge >= 0.3 is 11.9 Å². The van der Waals surface area contributed by atoms with Gasteiger partial charge in [-0.2, -0.15) is 0 Å². The molecule has 0 bridgehead atoms. The number of fused-ring (bicyclic) bond motifs is 1. The fourth-order valence-electron chi connectivity index (χ4n) is 4.51. The molecule has 38 heavy (non-hydrogen) atoms. The van der Waals surface area contributed by atoms with E-state index in [0.29, 0.717) is 29.5 Å². The minimum absolute atomic E-state index is 0.0222. The van der Waals surface area contributed by atoms with Crippen molar-refractivity contribution in [3.8, 4) is 11.5 Å². The third kappa shape index (κ3) is 6.49. The van der Waals surface area contributed by atoms with E-state index in [1.54, 1.807) is 44.2 Å². The largest absolute Gasteiger partial charge is 0.491 e. The van der Waals surface area contributed by atoms with Crippen LogP contribution in [-0.4, -0.2) is 54.3 Å². The van der Waals surface area contributed by atoms with E-state index in [4.69, 9.17) is 30.8 Å². The first-order valence-corrected chi connectivity index (χ1v) is 13.4. The predicted octanol–water partition coefficient (Wildman–Crippen LogP) is 4.35. The minimum Gasteiger partial charge on any atom is -0.491 e. The molecule has 1 unspecified atom stereocenters. The van der Waals surface area contributed by atoms with E-state index < -0.39 is 17.9 Å². The van der Waals surface area contributed by atoms with Crippen molar-refractivity contribution in [1.29, 1.82) is 10.8 Å². The number of hydrogen-bond donors (Lipinski definition) is 3. The second kappa shape index (κ2) is 12.1. The summed E-state index contributed by atoms with van der Waals surface area (Å²) in [4.78, 5) is 28.6. The third-order valence-corrected chi connectivity index (χ3v) is 7.57. The molecule has 2 aromatic carbocycles. The van der Waals surface area contributed by atoms with Gasteiger partial charge in [0.15, 0.2) is 5.92 Å². The Labute approximate surface area is 225 Å². The summed E-state index contributed by atoms with van der Waals surface area (Å²) in [5.74, 6) is -0.988. The molecule has 3 aromatic rings. The molecule has 0 spiro atoms. The summed E-state index contributed by atoms with van der Waals surface area (Å²) in [5.41, 5.74) is 6.21. The van der Waals surface area contributed by atoms with Gasteiger partial charge in [-0.25, -0.2) is 0 Å². The quantitative estimate of drug-likeness (QED) is 0.115. The highest BCUT2D eigenvalue weighted by Gasteiger charge is 2.31. The number of likely N-dealkylation sites (tertiary alicyclic amines) is 1. The number of nitrogens with two attached hydrogens (primary N) is 1. The Morgan fingerprint density at radius 2 is 1.84 bits per heavy atom. The van der Waals surface area contributed by atoms with Crippen LogP contribution in [0.4, 0.5) is 0 Å². The number of ether oxygens (including phenoxy) is 3. The molecule has 1 fully saturated rings. The van der Waals surface area contributed by atoms with Crippen LogP contribution in [0.1, 0.15) is 37.1 Å². The number of benzene rings is 2. The van der Waals surface area contributed by atoms with Gasteiger partial charge in [0.25, 0.3) is 0 Å². The van der Waals surface area contributed by atoms with Gasteiger partial charge in [-0.05, 0) is 80.6 Å². The van der Waals surface area contributed by atoms with Gasteiger partial charge in [-0.15, -0.1) is 11.3 Å². The molecule has 0 saturated carbocycles. The molecular weight excluding hydrogens is 504 g/mol. The van der Waals surface area contributed by atoms with Crippen molar-refractivity contribution in [2.75, 3.05) is 19.8 Å². The SMILES string of the molecule is CCOC(=O)C(Cc1cc2cc(C(=N)N)ccc2s1)C(=O)Oc1ccc(OC[C@H]2CCCN2C(C)=N)cc1. The number of rotatable bonds is 10. The molecule has 2 atom stereocenters. The van der Waals surface area contributed by atoms with Crippen molar-refractivity contribution in [2.24, 2.45) is 11.7 Å². The van der Waals surface area contributed by atoms with E-state index in [0.717, 1.165) is 34.3 Å². The van der Waals surface area contributed by atoms with E-state index in [9.17, 15) is 9.59 Å². The summed E-state index contributed by atoms with van der Waals surface area (Å²) in [6.45, 7) is 4.98. The lowest BCUT2D eigenvalue weighted by atomic mass is 10.0. The van der Waals surface area contributed by atoms with E-state index >= 15 is 0 Å². The Bertz CT molecular complexity index is 1340. The number of amidine groups is 2. The Hall–Kier alpha value is -3.92. The minimum atomic E-state index is -1.12. The molecule has 1 aliphatic rings. The highest BCUT2D eigenvalue weighted by Crippen LogP contribution is 2.29. The molecule has 9 nitrogen and oxygen atoms in total. The molecule has 4 N–H and O–H groups in total. The number of nitrogens with one attached hydrogen (secondary N) is 2. The van der Waals surface area contributed by atoms with Gasteiger partial charge in [0.2, 0.25) is 0 Å². The number of thiophene rings is 1. The Morgan fingerprint density at radius 1 is 1.11 bits per heavy atom. The lowest BCUT2D eigenvalue weighted by Crippen LogP contribution is -2.37. The molecule has 1 aromatic heterocycles. The average Bonchev–Trinajstić information content (AvgIpc) is 3.53. The van der Waals surface area contributed by atoms with Crippen molar-refractivity contribution in [3.63, 3.8) is 0 Å². The maximum Gasteiger partial charge on any atom is 0.326 e. The maximum atomic E-state index is 13.1. The highest BCUT2D eigenvalue weighted by atomic mass is 32.1. The van der Waals surface area contributed by atoms with E-state index in [1.165, 1.54) is 11.3 Å². The van der Waals surface area contributed by atoms with Crippen LogP contribution in [0, 0.1) is 16.7 Å². The van der Waals surface area contributed by atoms with Crippen molar-refractivity contribution < 1.29 is 23.8 Å². The van der Waals surface area contributed by atoms with Crippen LogP contribution in [0.5, 0.6) is 11.5 Å². The lowest BCUT2D eigenvalue weighted by molar-refractivity contribution is -0.156. The molecular formula is C28H32N4O5S. The predicted molar refractivity (Wildman–Crippen MR) is 147 cm³/mol. The zero-order chi connectivity index (χ0) is 27.2. The normalized spacial score (nSPS) is 15.7. The number of carbonyl (C=O) groups is 2. The van der Waals surface area contributed by atoms with Gasteiger partial charge in [0.1, 0.15) is 23.9 Å². The maximum absolute atomic E-state index is 13.1. The van der Waals surface area contributed by atoms with Crippen LogP contribution in [0.15, 0.2) is 48.5 Å². The highest BCUT2D eigenvalue weighted by molar-refractivity contribution is 7.19. The molecule has 0 radical (unpaired) electrons. The zero-order valence-electron chi connectivity index (χ0n) is 21.5. The van der Waals surface area contributed by atoms with Gasteiger partial charge in [0, 0.05) is 28.1 Å². The number of carbonyl (C=O) groups excluding carboxylic acids is 2. The summed E-state index contributed by atoms with van der Waals surface area (Å²) >= 11 is 1.46. The fourth-order valence-corrected chi connectivity index (χ4v) is 5.60. The fraction of sp³-hybridized carbons (Fsp3) is 0.357. The summed E-state index contributed by atoms with van der Waals surface area (Å²) in [7, 11) is 0. The lowest BCUT2D eigenvalue weighted by Gasteiger charge is -2.25. The van der Waals surface area contributed by atoms with Crippen molar-refractivity contribution in [3.05, 3.63) is 59.0 Å². The molecule has 2 heterocycles. The van der Waals surface area contributed by atoms with E-state index in [1.807, 2.05) is 23.1 Å².